The molecule has 0 aromatic heterocycles. The van der Waals surface area contributed by atoms with Crippen LogP contribution >= 0.6 is 27.5 Å². The lowest BCUT2D eigenvalue weighted by atomic mass is 10.2. The SMILES string of the molecule is C=C(C)CNC(N)=NCc1ccc(Br)cc1Cl. The molecule has 1 aromatic carbocycles. The lowest BCUT2D eigenvalue weighted by Crippen LogP contribution is -2.32. The summed E-state index contributed by atoms with van der Waals surface area (Å²) in [6.45, 7) is 6.78. The van der Waals surface area contributed by atoms with Crippen molar-refractivity contribution in [2.24, 2.45) is 10.7 Å². The number of guanidine groups is 1. The van der Waals surface area contributed by atoms with E-state index in [0.29, 0.717) is 24.1 Å². The summed E-state index contributed by atoms with van der Waals surface area (Å²) in [5.74, 6) is 0.395. The first-order valence-corrected chi connectivity index (χ1v) is 6.28. The molecule has 0 aliphatic heterocycles. The Labute approximate surface area is 115 Å². The molecule has 0 fully saturated rings. The van der Waals surface area contributed by atoms with Crippen LogP contribution in [0.4, 0.5) is 0 Å². The van der Waals surface area contributed by atoms with Crippen molar-refractivity contribution in [3.05, 3.63) is 45.4 Å². The number of aliphatic imine (C=N–C) groups is 1. The van der Waals surface area contributed by atoms with Crippen molar-refractivity contribution in [3.63, 3.8) is 0 Å². The van der Waals surface area contributed by atoms with E-state index in [0.717, 1.165) is 15.6 Å². The van der Waals surface area contributed by atoms with Gasteiger partial charge in [-0.15, -0.1) is 0 Å². The Morgan fingerprint density at radius 3 is 2.88 bits per heavy atom. The Balaban J connectivity index is 2.59. The summed E-state index contributed by atoms with van der Waals surface area (Å²) >= 11 is 9.42. The quantitative estimate of drug-likeness (QED) is 0.509. The van der Waals surface area contributed by atoms with Crippen molar-refractivity contribution in [2.45, 2.75) is 13.5 Å². The van der Waals surface area contributed by atoms with Crippen molar-refractivity contribution in [3.8, 4) is 0 Å². The first-order valence-electron chi connectivity index (χ1n) is 5.11. The van der Waals surface area contributed by atoms with Crippen LogP contribution in [0.1, 0.15) is 12.5 Å². The highest BCUT2D eigenvalue weighted by Gasteiger charge is 2.00. The number of nitrogens with zero attached hydrogens (tertiary/aromatic N) is 1. The van der Waals surface area contributed by atoms with E-state index in [2.05, 4.69) is 32.8 Å². The number of rotatable bonds is 4. The number of hydrogen-bond acceptors (Lipinski definition) is 1. The highest BCUT2D eigenvalue weighted by atomic mass is 79.9. The fraction of sp³-hybridized carbons (Fsp3) is 0.250. The maximum absolute atomic E-state index is 6.07. The highest BCUT2D eigenvalue weighted by molar-refractivity contribution is 9.10. The van der Waals surface area contributed by atoms with Gasteiger partial charge in [-0.25, -0.2) is 4.99 Å². The second-order valence-electron chi connectivity index (χ2n) is 3.75. The van der Waals surface area contributed by atoms with Crippen molar-refractivity contribution < 1.29 is 0 Å². The van der Waals surface area contributed by atoms with Crippen molar-refractivity contribution in [2.75, 3.05) is 6.54 Å². The van der Waals surface area contributed by atoms with Crippen LogP contribution in [0.3, 0.4) is 0 Å². The minimum Gasteiger partial charge on any atom is -0.370 e. The van der Waals surface area contributed by atoms with Crippen LogP contribution in [-0.2, 0) is 6.54 Å². The van der Waals surface area contributed by atoms with Gasteiger partial charge in [0.15, 0.2) is 5.96 Å². The van der Waals surface area contributed by atoms with Gasteiger partial charge in [-0.3, -0.25) is 0 Å². The minimum absolute atomic E-state index is 0.395. The highest BCUT2D eigenvalue weighted by Crippen LogP contribution is 2.21. The monoisotopic (exact) mass is 315 g/mol. The van der Waals surface area contributed by atoms with Crippen molar-refractivity contribution >= 4 is 33.5 Å². The summed E-state index contributed by atoms with van der Waals surface area (Å²) in [7, 11) is 0. The van der Waals surface area contributed by atoms with Gasteiger partial charge in [0.1, 0.15) is 0 Å². The molecule has 1 rings (SSSR count). The largest absolute Gasteiger partial charge is 0.370 e. The van der Waals surface area contributed by atoms with E-state index >= 15 is 0 Å². The summed E-state index contributed by atoms with van der Waals surface area (Å²) in [6, 6.07) is 5.68. The maximum Gasteiger partial charge on any atom is 0.189 e. The van der Waals surface area contributed by atoms with Crippen molar-refractivity contribution in [1.29, 1.82) is 0 Å². The molecule has 0 aliphatic rings. The van der Waals surface area contributed by atoms with Gasteiger partial charge in [-0.2, -0.15) is 0 Å². The molecule has 0 unspecified atom stereocenters. The predicted molar refractivity (Wildman–Crippen MR) is 77.3 cm³/mol. The predicted octanol–water partition coefficient (Wildman–Crippen LogP) is 3.08. The smallest absolute Gasteiger partial charge is 0.189 e. The first kappa shape index (κ1) is 14.1. The standard InChI is InChI=1S/C12H15BrClN3/c1-8(2)6-16-12(15)17-7-9-3-4-10(13)5-11(9)14/h3-5H,1,6-7H2,2H3,(H3,15,16,17). The van der Waals surface area contributed by atoms with Crippen LogP contribution in [0.25, 0.3) is 0 Å². The fourth-order valence-electron chi connectivity index (χ4n) is 1.12. The lowest BCUT2D eigenvalue weighted by molar-refractivity contribution is 0.940. The Hall–Kier alpha value is -1.000. The Morgan fingerprint density at radius 1 is 1.59 bits per heavy atom. The maximum atomic E-state index is 6.07. The third-order valence-corrected chi connectivity index (χ3v) is 2.85. The van der Waals surface area contributed by atoms with Gasteiger partial charge in [0.05, 0.1) is 6.54 Å². The van der Waals surface area contributed by atoms with Gasteiger partial charge in [-0.05, 0) is 24.6 Å². The topological polar surface area (TPSA) is 50.4 Å². The Bertz CT molecular complexity index is 443. The van der Waals surface area contributed by atoms with Crippen molar-refractivity contribution in [1.82, 2.24) is 5.32 Å². The second-order valence-corrected chi connectivity index (χ2v) is 5.07. The summed E-state index contributed by atoms with van der Waals surface area (Å²) < 4.78 is 0.948. The molecule has 0 atom stereocenters. The number of hydrogen-bond donors (Lipinski definition) is 2. The molecule has 0 saturated heterocycles. The number of nitrogens with two attached hydrogens (primary N) is 1. The number of nitrogens with one attached hydrogen (secondary N) is 1. The van der Waals surface area contributed by atoms with Gasteiger partial charge in [0.25, 0.3) is 0 Å². The van der Waals surface area contributed by atoms with Crippen LogP contribution in [0.2, 0.25) is 5.02 Å². The minimum atomic E-state index is 0.395. The fourth-order valence-corrected chi connectivity index (χ4v) is 1.85. The lowest BCUT2D eigenvalue weighted by Gasteiger charge is -2.06. The zero-order valence-electron chi connectivity index (χ0n) is 9.63. The Kier molecular flexibility index (Phi) is 5.51. The van der Waals surface area contributed by atoms with Gasteiger partial charge >= 0.3 is 0 Å². The molecule has 92 valence electrons. The molecule has 1 aromatic rings. The molecule has 0 bridgehead atoms. The average Bonchev–Trinajstić information content (AvgIpc) is 2.25. The van der Waals surface area contributed by atoms with E-state index in [4.69, 9.17) is 17.3 Å². The summed E-state index contributed by atoms with van der Waals surface area (Å²) in [5.41, 5.74) is 7.64. The normalized spacial score (nSPS) is 11.4. The van der Waals surface area contributed by atoms with Crippen LogP contribution in [0.5, 0.6) is 0 Å². The van der Waals surface area contributed by atoms with Crippen LogP contribution in [0, 0.1) is 0 Å². The van der Waals surface area contributed by atoms with E-state index in [1.54, 1.807) is 0 Å². The van der Waals surface area contributed by atoms with Crippen LogP contribution in [-0.4, -0.2) is 12.5 Å². The zero-order chi connectivity index (χ0) is 12.8. The van der Waals surface area contributed by atoms with Crippen LogP contribution in [0.15, 0.2) is 39.8 Å². The van der Waals surface area contributed by atoms with E-state index < -0.39 is 0 Å². The molecule has 3 nitrogen and oxygen atoms in total. The molecule has 17 heavy (non-hydrogen) atoms. The number of halogens is 2. The molecule has 5 heteroatoms. The van der Waals surface area contributed by atoms with Gasteiger partial charge < -0.3 is 11.1 Å². The molecule has 3 N–H and O–H groups in total. The second kappa shape index (κ2) is 6.67. The molecule has 0 amide bonds. The molecule has 0 radical (unpaired) electrons. The summed E-state index contributed by atoms with van der Waals surface area (Å²) in [4.78, 5) is 4.20. The zero-order valence-corrected chi connectivity index (χ0v) is 12.0. The van der Waals surface area contributed by atoms with Gasteiger partial charge in [0, 0.05) is 16.0 Å². The van der Waals surface area contributed by atoms with Crippen LogP contribution < -0.4 is 11.1 Å². The summed E-state index contributed by atoms with van der Waals surface area (Å²) in [5, 5.41) is 3.64. The molecule has 0 spiro atoms. The van der Waals surface area contributed by atoms with Gasteiger partial charge in [-0.1, -0.05) is 45.7 Å². The molecular formula is C12H15BrClN3. The van der Waals surface area contributed by atoms with E-state index in [1.807, 2.05) is 25.1 Å². The van der Waals surface area contributed by atoms with E-state index in [1.165, 1.54) is 0 Å². The van der Waals surface area contributed by atoms with Gasteiger partial charge in [0.2, 0.25) is 0 Å². The van der Waals surface area contributed by atoms with E-state index in [9.17, 15) is 0 Å². The Morgan fingerprint density at radius 2 is 2.29 bits per heavy atom. The number of benzene rings is 1. The molecule has 0 heterocycles. The molecular weight excluding hydrogens is 302 g/mol. The first-order chi connectivity index (χ1) is 7.99. The average molecular weight is 317 g/mol. The molecule has 0 saturated carbocycles. The summed E-state index contributed by atoms with van der Waals surface area (Å²) in [6.07, 6.45) is 0. The third-order valence-electron chi connectivity index (χ3n) is 2.01. The molecule has 0 aliphatic carbocycles. The van der Waals surface area contributed by atoms with E-state index in [-0.39, 0.29) is 0 Å². The third kappa shape index (κ3) is 5.24.